The standard InChI is InChI=1S/C37H24N2S/c1-2-7-25(8-3-1)26-15-18-29(19-16-26)39(34-11-6-12-36-37(34)33-24-38-22-21-35(33)40-36)30-20-17-28-14-13-27-9-4-5-10-31(27)32(28)23-30/h1-24H. The Bertz CT molecular complexity index is 2160. The molecule has 0 N–H and O–H groups in total. The lowest BCUT2D eigenvalue weighted by molar-refractivity contribution is 1.31. The Balaban J connectivity index is 1.39. The van der Waals surface area contributed by atoms with Gasteiger partial charge in [-0.1, -0.05) is 91.0 Å². The maximum Gasteiger partial charge on any atom is 0.0555 e. The van der Waals surface area contributed by atoms with Gasteiger partial charge in [0, 0.05) is 43.9 Å². The lowest BCUT2D eigenvalue weighted by Crippen LogP contribution is -2.10. The molecule has 0 saturated heterocycles. The van der Waals surface area contributed by atoms with Crippen molar-refractivity contribution in [3.63, 3.8) is 0 Å². The van der Waals surface area contributed by atoms with E-state index in [1.54, 1.807) is 0 Å². The maximum atomic E-state index is 4.49. The number of nitrogens with zero attached hydrogens (tertiary/aromatic N) is 2. The average molecular weight is 529 g/mol. The second-order valence-electron chi connectivity index (χ2n) is 10.1. The minimum absolute atomic E-state index is 1.12. The Hall–Kier alpha value is -4.99. The smallest absolute Gasteiger partial charge is 0.0555 e. The number of thiophene rings is 1. The van der Waals surface area contributed by atoms with Gasteiger partial charge >= 0.3 is 0 Å². The normalized spacial score (nSPS) is 11.5. The maximum absolute atomic E-state index is 4.49. The zero-order chi connectivity index (χ0) is 26.5. The molecule has 0 bridgehead atoms. The molecule has 0 radical (unpaired) electrons. The summed E-state index contributed by atoms with van der Waals surface area (Å²) in [5.41, 5.74) is 5.83. The first-order chi connectivity index (χ1) is 19.8. The molecule has 2 heterocycles. The minimum atomic E-state index is 1.12. The number of rotatable bonds is 4. The van der Waals surface area contributed by atoms with Gasteiger partial charge in [-0.25, -0.2) is 0 Å². The molecule has 0 spiro atoms. The van der Waals surface area contributed by atoms with Crippen molar-refractivity contribution in [3.8, 4) is 11.1 Å². The summed E-state index contributed by atoms with van der Waals surface area (Å²) < 4.78 is 2.51. The molecule has 0 unspecified atom stereocenters. The molecule has 0 saturated carbocycles. The minimum Gasteiger partial charge on any atom is -0.310 e. The van der Waals surface area contributed by atoms with Crippen molar-refractivity contribution in [2.45, 2.75) is 0 Å². The fourth-order valence-corrected chi connectivity index (χ4v) is 6.92. The summed E-state index contributed by atoms with van der Waals surface area (Å²) in [6.45, 7) is 0. The average Bonchev–Trinajstić information content (AvgIpc) is 3.41. The Kier molecular flexibility index (Phi) is 5.35. The SMILES string of the molecule is c1ccc(-c2ccc(N(c3ccc4ccc5ccccc5c4c3)c3cccc4sc5ccncc5c34)cc2)cc1. The third-order valence-corrected chi connectivity index (χ3v) is 8.87. The molecule has 8 aromatic rings. The van der Waals surface area contributed by atoms with Gasteiger partial charge in [-0.2, -0.15) is 0 Å². The largest absolute Gasteiger partial charge is 0.310 e. The molecular weight excluding hydrogens is 504 g/mol. The predicted molar refractivity (Wildman–Crippen MR) is 172 cm³/mol. The van der Waals surface area contributed by atoms with E-state index in [4.69, 9.17) is 0 Å². The van der Waals surface area contributed by atoms with E-state index in [0.29, 0.717) is 0 Å². The van der Waals surface area contributed by atoms with Crippen molar-refractivity contribution in [1.82, 2.24) is 4.98 Å². The first kappa shape index (κ1) is 22.9. The number of aromatic nitrogens is 1. The van der Waals surface area contributed by atoms with Crippen LogP contribution in [0.4, 0.5) is 17.1 Å². The number of pyridine rings is 1. The van der Waals surface area contributed by atoms with Crippen molar-refractivity contribution in [1.29, 1.82) is 0 Å². The Morgan fingerprint density at radius 2 is 1.23 bits per heavy atom. The van der Waals surface area contributed by atoms with Crippen LogP contribution in [0.2, 0.25) is 0 Å². The van der Waals surface area contributed by atoms with Crippen LogP contribution >= 0.6 is 11.3 Å². The van der Waals surface area contributed by atoms with Crippen LogP contribution in [0.15, 0.2) is 146 Å². The van der Waals surface area contributed by atoms with Crippen LogP contribution in [0, 0.1) is 0 Å². The second-order valence-corrected chi connectivity index (χ2v) is 11.1. The Morgan fingerprint density at radius 3 is 2.10 bits per heavy atom. The molecule has 0 aliphatic rings. The summed E-state index contributed by atoms with van der Waals surface area (Å²) in [4.78, 5) is 6.89. The van der Waals surface area contributed by atoms with Crippen molar-refractivity contribution in [2.75, 3.05) is 4.90 Å². The molecule has 2 aromatic heterocycles. The third-order valence-electron chi connectivity index (χ3n) is 7.74. The lowest BCUT2D eigenvalue weighted by Gasteiger charge is -2.27. The van der Waals surface area contributed by atoms with E-state index < -0.39 is 0 Å². The number of fused-ring (bicyclic) bond motifs is 6. The Morgan fingerprint density at radius 1 is 0.500 bits per heavy atom. The zero-order valence-electron chi connectivity index (χ0n) is 21.7. The third kappa shape index (κ3) is 3.75. The number of benzene rings is 6. The Labute approximate surface area is 236 Å². The molecular formula is C37H24N2S. The van der Waals surface area contributed by atoms with Crippen LogP contribution in [0.5, 0.6) is 0 Å². The number of hydrogen-bond acceptors (Lipinski definition) is 3. The van der Waals surface area contributed by atoms with Crippen LogP contribution in [0.25, 0.3) is 52.8 Å². The van der Waals surface area contributed by atoms with Gasteiger partial charge in [-0.3, -0.25) is 4.98 Å². The summed E-state index contributed by atoms with van der Waals surface area (Å²) in [7, 11) is 0. The second kappa shape index (κ2) is 9.33. The van der Waals surface area contributed by atoms with Crippen LogP contribution < -0.4 is 4.90 Å². The van der Waals surface area contributed by atoms with E-state index in [1.165, 1.54) is 52.8 Å². The summed E-state index contributed by atoms with van der Waals surface area (Å²) in [6.07, 6.45) is 3.88. The number of anilines is 3. The highest BCUT2D eigenvalue weighted by molar-refractivity contribution is 7.25. The summed E-state index contributed by atoms with van der Waals surface area (Å²) in [5, 5.41) is 7.44. The molecule has 3 heteroatoms. The van der Waals surface area contributed by atoms with Crippen LogP contribution in [-0.2, 0) is 0 Å². The van der Waals surface area contributed by atoms with Crippen molar-refractivity contribution in [3.05, 3.63) is 146 Å². The monoisotopic (exact) mass is 528 g/mol. The molecule has 0 aliphatic heterocycles. The zero-order valence-corrected chi connectivity index (χ0v) is 22.5. The fourth-order valence-electron chi connectivity index (χ4n) is 5.83. The molecule has 0 amide bonds. The fraction of sp³-hybridized carbons (Fsp3) is 0. The highest BCUT2D eigenvalue weighted by atomic mass is 32.1. The molecule has 0 atom stereocenters. The van der Waals surface area contributed by atoms with Crippen molar-refractivity contribution < 1.29 is 0 Å². The van der Waals surface area contributed by atoms with Crippen LogP contribution in [-0.4, -0.2) is 4.98 Å². The van der Waals surface area contributed by atoms with Gasteiger partial charge in [0.15, 0.2) is 0 Å². The quantitative estimate of drug-likeness (QED) is 0.211. The highest BCUT2D eigenvalue weighted by Crippen LogP contribution is 2.45. The highest BCUT2D eigenvalue weighted by Gasteiger charge is 2.19. The first-order valence-electron chi connectivity index (χ1n) is 13.5. The number of hydrogen-bond donors (Lipinski definition) is 0. The molecule has 0 aliphatic carbocycles. The summed E-state index contributed by atoms with van der Waals surface area (Å²) >= 11 is 1.82. The van der Waals surface area contributed by atoms with E-state index >= 15 is 0 Å². The molecule has 0 fully saturated rings. The summed E-state index contributed by atoms with van der Waals surface area (Å²) in [5.74, 6) is 0. The summed E-state index contributed by atoms with van der Waals surface area (Å²) in [6, 6.07) is 48.1. The first-order valence-corrected chi connectivity index (χ1v) is 14.3. The van der Waals surface area contributed by atoms with Gasteiger partial charge in [-0.05, 0) is 75.1 Å². The molecule has 188 valence electrons. The predicted octanol–water partition coefficient (Wildman–Crippen LogP) is 10.9. The molecule has 6 aromatic carbocycles. The molecule has 40 heavy (non-hydrogen) atoms. The van der Waals surface area contributed by atoms with Crippen molar-refractivity contribution >= 4 is 70.1 Å². The van der Waals surface area contributed by atoms with E-state index in [-0.39, 0.29) is 0 Å². The van der Waals surface area contributed by atoms with Gasteiger partial charge in [0.2, 0.25) is 0 Å². The van der Waals surface area contributed by atoms with Crippen LogP contribution in [0.3, 0.4) is 0 Å². The van der Waals surface area contributed by atoms with Gasteiger partial charge in [0.25, 0.3) is 0 Å². The van der Waals surface area contributed by atoms with Gasteiger partial charge in [-0.15, -0.1) is 11.3 Å². The van der Waals surface area contributed by atoms with E-state index in [1.807, 2.05) is 23.7 Å². The van der Waals surface area contributed by atoms with Gasteiger partial charge in [0.1, 0.15) is 0 Å². The lowest BCUT2D eigenvalue weighted by atomic mass is 10.0. The van der Waals surface area contributed by atoms with Gasteiger partial charge in [0.05, 0.1) is 5.69 Å². The van der Waals surface area contributed by atoms with Crippen LogP contribution in [0.1, 0.15) is 0 Å². The topological polar surface area (TPSA) is 16.1 Å². The van der Waals surface area contributed by atoms with E-state index in [2.05, 4.69) is 143 Å². The molecule has 2 nitrogen and oxygen atoms in total. The van der Waals surface area contributed by atoms with E-state index in [0.717, 1.165) is 17.1 Å². The van der Waals surface area contributed by atoms with E-state index in [9.17, 15) is 0 Å². The van der Waals surface area contributed by atoms with Gasteiger partial charge < -0.3 is 4.90 Å². The molecule has 8 rings (SSSR count). The van der Waals surface area contributed by atoms with Crippen molar-refractivity contribution in [2.24, 2.45) is 0 Å².